The first kappa shape index (κ1) is 16.7. The van der Waals surface area contributed by atoms with Crippen LogP contribution in [0.15, 0.2) is 40.9 Å². The van der Waals surface area contributed by atoms with Crippen molar-refractivity contribution in [3.63, 3.8) is 0 Å². The third-order valence-corrected chi connectivity index (χ3v) is 3.99. The smallest absolute Gasteiger partial charge is 0.312 e. The lowest BCUT2D eigenvalue weighted by Crippen LogP contribution is -1.97. The molecule has 0 aliphatic rings. The molecule has 25 heavy (non-hydrogen) atoms. The molecule has 0 saturated heterocycles. The largest absolute Gasteiger partial charge is 0.490 e. The van der Waals surface area contributed by atoms with E-state index in [2.05, 4.69) is 32.0 Å². The Morgan fingerprint density at radius 1 is 1.44 bits per heavy atom. The fraction of sp³-hybridized carbons (Fsp3) is 0.0588. The summed E-state index contributed by atoms with van der Waals surface area (Å²) < 4.78 is 5.69. The maximum Gasteiger partial charge on any atom is 0.312 e. The van der Waals surface area contributed by atoms with E-state index in [1.165, 1.54) is 19.3 Å². The second-order valence-electron chi connectivity index (χ2n) is 5.08. The molecule has 2 aromatic carbocycles. The van der Waals surface area contributed by atoms with Crippen molar-refractivity contribution in [1.82, 2.24) is 9.97 Å². The van der Waals surface area contributed by atoms with Gasteiger partial charge in [0.15, 0.2) is 0 Å². The van der Waals surface area contributed by atoms with E-state index < -0.39 is 4.92 Å². The molecule has 0 fully saturated rings. The Bertz CT molecular complexity index is 1020. The van der Waals surface area contributed by atoms with Crippen LogP contribution in [0.2, 0.25) is 0 Å². The van der Waals surface area contributed by atoms with Crippen molar-refractivity contribution in [1.29, 1.82) is 5.26 Å². The van der Waals surface area contributed by atoms with E-state index in [0.29, 0.717) is 15.9 Å². The van der Waals surface area contributed by atoms with Gasteiger partial charge in [0.1, 0.15) is 11.9 Å². The number of aromatic amines is 1. The SMILES string of the molecule is COc1c(/C=C(\C#N)c2nc3ccccc3[nH]2)cc(Br)cc1[N+](=O)[O-]. The van der Waals surface area contributed by atoms with E-state index in [0.717, 1.165) is 11.0 Å². The highest BCUT2D eigenvalue weighted by Gasteiger charge is 2.20. The molecule has 3 rings (SSSR count). The minimum Gasteiger partial charge on any atom is -0.490 e. The van der Waals surface area contributed by atoms with Crippen LogP contribution in [-0.4, -0.2) is 22.0 Å². The van der Waals surface area contributed by atoms with Crippen molar-refractivity contribution in [2.24, 2.45) is 0 Å². The summed E-state index contributed by atoms with van der Waals surface area (Å²) in [5.41, 5.74) is 1.98. The van der Waals surface area contributed by atoms with Crippen molar-refractivity contribution < 1.29 is 9.66 Å². The quantitative estimate of drug-likeness (QED) is 0.400. The average molecular weight is 399 g/mol. The summed E-state index contributed by atoms with van der Waals surface area (Å²) >= 11 is 3.25. The second-order valence-corrected chi connectivity index (χ2v) is 5.99. The molecule has 0 atom stereocenters. The molecule has 0 aliphatic heterocycles. The maximum atomic E-state index is 11.2. The Morgan fingerprint density at radius 3 is 2.84 bits per heavy atom. The Hall–Kier alpha value is -3.18. The van der Waals surface area contributed by atoms with E-state index in [1.807, 2.05) is 24.3 Å². The second kappa shape index (κ2) is 6.75. The van der Waals surface area contributed by atoms with Crippen molar-refractivity contribution >= 4 is 44.3 Å². The third-order valence-electron chi connectivity index (χ3n) is 3.53. The lowest BCUT2D eigenvalue weighted by molar-refractivity contribution is -0.385. The number of ether oxygens (including phenoxy) is 1. The number of benzene rings is 2. The first-order valence-corrected chi connectivity index (χ1v) is 7.91. The molecule has 124 valence electrons. The van der Waals surface area contributed by atoms with Crippen molar-refractivity contribution in [3.05, 3.63) is 62.4 Å². The number of hydrogen-bond donors (Lipinski definition) is 1. The molecule has 3 aromatic rings. The van der Waals surface area contributed by atoms with Crippen molar-refractivity contribution in [3.8, 4) is 11.8 Å². The fourth-order valence-electron chi connectivity index (χ4n) is 2.45. The molecule has 1 heterocycles. The first-order chi connectivity index (χ1) is 12.0. The number of H-pyrrole nitrogens is 1. The monoisotopic (exact) mass is 398 g/mol. The maximum absolute atomic E-state index is 11.2. The Balaban J connectivity index is 2.17. The van der Waals surface area contributed by atoms with Gasteiger partial charge in [0.25, 0.3) is 0 Å². The Labute approximate surface area is 150 Å². The highest BCUT2D eigenvalue weighted by Crippen LogP contribution is 2.36. The molecule has 1 aromatic heterocycles. The Morgan fingerprint density at radius 2 is 2.20 bits per heavy atom. The van der Waals surface area contributed by atoms with Crippen LogP contribution in [0.3, 0.4) is 0 Å². The minimum absolute atomic E-state index is 0.0806. The van der Waals surface area contributed by atoms with E-state index in [1.54, 1.807) is 6.07 Å². The molecule has 8 heteroatoms. The molecule has 0 unspecified atom stereocenters. The number of nitro groups is 1. The molecule has 1 N–H and O–H groups in total. The van der Waals surface area contributed by atoms with Crippen LogP contribution in [0.25, 0.3) is 22.7 Å². The zero-order chi connectivity index (χ0) is 18.0. The molecule has 0 radical (unpaired) electrons. The summed E-state index contributed by atoms with van der Waals surface area (Å²) in [5.74, 6) is 0.463. The summed E-state index contributed by atoms with van der Waals surface area (Å²) in [5, 5.41) is 20.7. The summed E-state index contributed by atoms with van der Waals surface area (Å²) in [7, 11) is 1.35. The van der Waals surface area contributed by atoms with Crippen LogP contribution >= 0.6 is 15.9 Å². The van der Waals surface area contributed by atoms with E-state index in [4.69, 9.17) is 4.74 Å². The molecule has 0 spiro atoms. The van der Waals surface area contributed by atoms with Gasteiger partial charge in [-0.15, -0.1) is 0 Å². The standard InChI is InChI=1S/C17H11BrN4O3/c1-25-16-10(7-12(18)8-15(16)22(23)24)6-11(9-19)17-20-13-4-2-3-5-14(13)21-17/h2-8H,1H3,(H,20,21)/b11-6+. The van der Waals surface area contributed by atoms with Crippen LogP contribution in [0.1, 0.15) is 11.4 Å². The molecule has 0 aliphatic carbocycles. The lowest BCUT2D eigenvalue weighted by Gasteiger charge is -2.07. The van der Waals surface area contributed by atoms with Crippen molar-refractivity contribution in [2.45, 2.75) is 0 Å². The van der Waals surface area contributed by atoms with Gasteiger partial charge in [-0.3, -0.25) is 10.1 Å². The number of methoxy groups -OCH3 is 1. The highest BCUT2D eigenvalue weighted by molar-refractivity contribution is 9.10. The van der Waals surface area contributed by atoms with E-state index in [9.17, 15) is 15.4 Å². The van der Waals surface area contributed by atoms with Crippen LogP contribution in [0.5, 0.6) is 5.75 Å². The number of halogens is 1. The van der Waals surface area contributed by atoms with Crippen LogP contribution in [-0.2, 0) is 0 Å². The number of imidazole rings is 1. The van der Waals surface area contributed by atoms with Crippen LogP contribution in [0.4, 0.5) is 5.69 Å². The van der Waals surface area contributed by atoms with Gasteiger partial charge in [-0.05, 0) is 24.3 Å². The number of nitro benzene ring substituents is 1. The third kappa shape index (κ3) is 3.22. The predicted octanol–water partition coefficient (Wildman–Crippen LogP) is 4.31. The topological polar surface area (TPSA) is 105 Å². The number of aromatic nitrogens is 2. The molecule has 0 amide bonds. The van der Waals surface area contributed by atoms with E-state index >= 15 is 0 Å². The predicted molar refractivity (Wildman–Crippen MR) is 96.9 cm³/mol. The number of nitrogens with zero attached hydrogens (tertiary/aromatic N) is 3. The molecule has 7 nitrogen and oxygen atoms in total. The van der Waals surface area contributed by atoms with Crippen LogP contribution < -0.4 is 4.74 Å². The number of rotatable bonds is 4. The zero-order valence-electron chi connectivity index (χ0n) is 13.0. The van der Waals surface area contributed by atoms with Gasteiger partial charge in [-0.1, -0.05) is 28.1 Å². The summed E-state index contributed by atoms with van der Waals surface area (Å²) in [6.45, 7) is 0. The Kier molecular flexibility index (Phi) is 4.50. The fourth-order valence-corrected chi connectivity index (χ4v) is 2.92. The number of hydrogen-bond acceptors (Lipinski definition) is 5. The first-order valence-electron chi connectivity index (χ1n) is 7.12. The summed E-state index contributed by atoms with van der Waals surface area (Å²) in [4.78, 5) is 18.1. The molecule has 0 saturated carbocycles. The molecular formula is C17H11BrN4O3. The van der Waals surface area contributed by atoms with Gasteiger partial charge in [0.2, 0.25) is 5.75 Å². The lowest BCUT2D eigenvalue weighted by atomic mass is 10.1. The van der Waals surface area contributed by atoms with E-state index in [-0.39, 0.29) is 17.0 Å². The van der Waals surface area contributed by atoms with Gasteiger partial charge in [-0.2, -0.15) is 5.26 Å². The minimum atomic E-state index is -0.534. The number of para-hydroxylation sites is 2. The zero-order valence-corrected chi connectivity index (χ0v) is 14.6. The van der Waals surface area contributed by atoms with Crippen molar-refractivity contribution in [2.75, 3.05) is 7.11 Å². The summed E-state index contributed by atoms with van der Waals surface area (Å²) in [6, 6.07) is 12.5. The molecular weight excluding hydrogens is 388 g/mol. The van der Waals surface area contributed by atoms with Gasteiger partial charge < -0.3 is 9.72 Å². The van der Waals surface area contributed by atoms with Gasteiger partial charge >= 0.3 is 5.69 Å². The van der Waals surface area contributed by atoms with Gasteiger partial charge in [0, 0.05) is 16.1 Å². The highest BCUT2D eigenvalue weighted by atomic mass is 79.9. The van der Waals surface area contributed by atoms with Gasteiger partial charge in [0.05, 0.1) is 28.6 Å². The number of nitrogens with one attached hydrogen (secondary N) is 1. The normalized spacial score (nSPS) is 11.3. The number of fused-ring (bicyclic) bond motifs is 1. The number of allylic oxidation sites excluding steroid dienone is 1. The average Bonchev–Trinajstić information content (AvgIpc) is 3.02. The van der Waals surface area contributed by atoms with Crippen LogP contribution in [0, 0.1) is 21.4 Å². The summed E-state index contributed by atoms with van der Waals surface area (Å²) in [6.07, 6.45) is 1.51. The van der Waals surface area contributed by atoms with Gasteiger partial charge in [-0.25, -0.2) is 4.98 Å². The molecule has 0 bridgehead atoms. The number of nitriles is 1.